The summed E-state index contributed by atoms with van der Waals surface area (Å²) in [5.74, 6) is -0.192. The minimum atomic E-state index is -1.58. The highest BCUT2D eigenvalue weighted by atomic mass is 16.7. The fourth-order valence-electron chi connectivity index (χ4n) is 10.7. The van der Waals surface area contributed by atoms with Gasteiger partial charge in [-0.1, -0.05) is 315 Å². The van der Waals surface area contributed by atoms with Gasteiger partial charge >= 0.3 is 0 Å². The number of nitrogens with one attached hydrogen (secondary N) is 1. The minimum absolute atomic E-state index is 0.192. The second kappa shape index (κ2) is 64.6. The van der Waals surface area contributed by atoms with E-state index < -0.39 is 49.5 Å². The molecule has 0 aromatic carbocycles. The predicted octanol–water partition coefficient (Wildman–Crippen LogP) is 19.8. The van der Waals surface area contributed by atoms with Gasteiger partial charge in [-0.2, -0.15) is 0 Å². The molecule has 0 bridgehead atoms. The zero-order valence-electron chi connectivity index (χ0n) is 55.3. The first-order valence-corrected chi connectivity index (χ1v) is 35.8. The van der Waals surface area contributed by atoms with Crippen LogP contribution in [0.1, 0.15) is 303 Å². The first-order chi connectivity index (χ1) is 42.3. The third-order valence-electron chi connectivity index (χ3n) is 16.2. The fourth-order valence-corrected chi connectivity index (χ4v) is 10.7. The molecule has 7 atom stereocenters. The Balaban J connectivity index is 2.15. The topological polar surface area (TPSA) is 149 Å². The first kappa shape index (κ1) is 80.6. The monoisotopic (exact) mass is 1200 g/mol. The van der Waals surface area contributed by atoms with Gasteiger partial charge in [-0.15, -0.1) is 0 Å². The molecule has 1 amide bonds. The van der Waals surface area contributed by atoms with Gasteiger partial charge in [0.1, 0.15) is 24.4 Å². The van der Waals surface area contributed by atoms with Gasteiger partial charge in [-0.05, 0) is 103 Å². The van der Waals surface area contributed by atoms with E-state index in [1.807, 2.05) is 6.08 Å². The maximum Gasteiger partial charge on any atom is 0.220 e. The van der Waals surface area contributed by atoms with Crippen molar-refractivity contribution in [2.24, 2.45) is 0 Å². The Hall–Kier alpha value is -3.41. The highest BCUT2D eigenvalue weighted by Crippen LogP contribution is 2.23. The van der Waals surface area contributed by atoms with Crippen LogP contribution in [0.2, 0.25) is 0 Å². The summed E-state index contributed by atoms with van der Waals surface area (Å²) in [6.45, 7) is 3.67. The van der Waals surface area contributed by atoms with Crippen molar-refractivity contribution in [1.29, 1.82) is 0 Å². The number of amides is 1. The largest absolute Gasteiger partial charge is 0.394 e. The van der Waals surface area contributed by atoms with Crippen LogP contribution in [0.3, 0.4) is 0 Å². The summed E-state index contributed by atoms with van der Waals surface area (Å²) in [6, 6.07) is -0.837. The quantitative estimate of drug-likeness (QED) is 0.0261. The molecule has 7 unspecified atom stereocenters. The maximum absolute atomic E-state index is 13.1. The number of hydrogen-bond acceptors (Lipinski definition) is 8. The van der Waals surface area contributed by atoms with Gasteiger partial charge in [-0.3, -0.25) is 4.79 Å². The van der Waals surface area contributed by atoms with E-state index in [4.69, 9.17) is 9.47 Å². The van der Waals surface area contributed by atoms with Crippen LogP contribution in [0.5, 0.6) is 0 Å². The zero-order chi connectivity index (χ0) is 62.1. The third kappa shape index (κ3) is 52.5. The van der Waals surface area contributed by atoms with E-state index in [0.717, 1.165) is 89.9 Å². The Kier molecular flexibility index (Phi) is 60.5. The summed E-state index contributed by atoms with van der Waals surface area (Å²) in [6.07, 6.45) is 90.2. The minimum Gasteiger partial charge on any atom is -0.394 e. The number of ether oxygens (including phenoxy) is 2. The van der Waals surface area contributed by atoms with Gasteiger partial charge < -0.3 is 40.3 Å². The molecule has 9 heteroatoms. The molecule has 0 saturated carbocycles. The van der Waals surface area contributed by atoms with E-state index in [1.165, 1.54) is 193 Å². The lowest BCUT2D eigenvalue weighted by atomic mass is 9.99. The molecule has 1 fully saturated rings. The molecule has 0 aromatic rings. The smallest absolute Gasteiger partial charge is 0.220 e. The molecule has 1 aliphatic rings. The van der Waals surface area contributed by atoms with Crippen molar-refractivity contribution in [2.45, 2.75) is 346 Å². The molecule has 0 aliphatic carbocycles. The molecule has 0 aromatic heterocycles. The van der Waals surface area contributed by atoms with Gasteiger partial charge in [0, 0.05) is 6.42 Å². The zero-order valence-corrected chi connectivity index (χ0v) is 55.3. The summed E-state index contributed by atoms with van der Waals surface area (Å²) in [5, 5.41) is 54.7. The summed E-state index contributed by atoms with van der Waals surface area (Å²) >= 11 is 0. The Morgan fingerprint density at radius 2 is 0.733 bits per heavy atom. The molecule has 0 radical (unpaired) electrons. The lowest BCUT2D eigenvalue weighted by Gasteiger charge is -2.40. The second-order valence-electron chi connectivity index (χ2n) is 24.3. The normalized spacial score (nSPS) is 18.8. The van der Waals surface area contributed by atoms with Crippen molar-refractivity contribution >= 4 is 5.91 Å². The molecule has 6 N–H and O–H groups in total. The van der Waals surface area contributed by atoms with E-state index in [2.05, 4.69) is 129 Å². The van der Waals surface area contributed by atoms with Crippen molar-refractivity contribution < 1.29 is 39.8 Å². The molecular formula is C77H133NO8. The van der Waals surface area contributed by atoms with E-state index in [-0.39, 0.29) is 12.5 Å². The number of aliphatic hydroxyl groups excluding tert-OH is 5. The summed E-state index contributed by atoms with van der Waals surface area (Å²) in [7, 11) is 0. The number of unbranched alkanes of at least 4 members (excludes halogenated alkanes) is 33. The molecule has 0 spiro atoms. The van der Waals surface area contributed by atoms with Crippen LogP contribution in [-0.4, -0.2) is 87.5 Å². The number of carbonyl (C=O) groups excluding carboxylic acids is 1. The highest BCUT2D eigenvalue weighted by Gasteiger charge is 2.44. The highest BCUT2D eigenvalue weighted by molar-refractivity contribution is 5.76. The number of hydrogen-bond donors (Lipinski definition) is 6. The lowest BCUT2D eigenvalue weighted by molar-refractivity contribution is -0.302. The molecular weight excluding hydrogens is 1070 g/mol. The van der Waals surface area contributed by atoms with Crippen LogP contribution in [0, 0.1) is 0 Å². The fraction of sp³-hybridized carbons (Fsp3) is 0.727. The molecule has 1 aliphatic heterocycles. The van der Waals surface area contributed by atoms with E-state index in [1.54, 1.807) is 6.08 Å². The number of rotatable bonds is 61. The van der Waals surface area contributed by atoms with Gasteiger partial charge in [0.2, 0.25) is 5.91 Å². The molecule has 1 rings (SSSR count). The average Bonchev–Trinajstić information content (AvgIpc) is 2.44. The number of carbonyl (C=O) groups is 1. The van der Waals surface area contributed by atoms with E-state index >= 15 is 0 Å². The van der Waals surface area contributed by atoms with Crippen molar-refractivity contribution in [1.82, 2.24) is 5.32 Å². The van der Waals surface area contributed by atoms with Crippen molar-refractivity contribution in [3.05, 3.63) is 122 Å². The van der Waals surface area contributed by atoms with Crippen molar-refractivity contribution in [3.63, 3.8) is 0 Å². The lowest BCUT2D eigenvalue weighted by Crippen LogP contribution is -2.60. The van der Waals surface area contributed by atoms with Gasteiger partial charge in [0.15, 0.2) is 6.29 Å². The Bertz CT molecular complexity index is 1780. The Morgan fingerprint density at radius 1 is 0.407 bits per heavy atom. The van der Waals surface area contributed by atoms with Gasteiger partial charge in [0.25, 0.3) is 0 Å². The van der Waals surface area contributed by atoms with Crippen molar-refractivity contribution in [2.75, 3.05) is 13.2 Å². The van der Waals surface area contributed by atoms with E-state index in [9.17, 15) is 30.3 Å². The molecule has 1 heterocycles. The molecule has 9 nitrogen and oxygen atoms in total. The van der Waals surface area contributed by atoms with Crippen LogP contribution in [0.25, 0.3) is 0 Å². The Labute approximate surface area is 528 Å². The van der Waals surface area contributed by atoms with Crippen molar-refractivity contribution in [3.8, 4) is 0 Å². The number of aliphatic hydroxyl groups is 5. The molecule has 1 saturated heterocycles. The van der Waals surface area contributed by atoms with Crippen LogP contribution in [0.15, 0.2) is 122 Å². The van der Waals surface area contributed by atoms with Crippen LogP contribution in [0.4, 0.5) is 0 Å². The third-order valence-corrected chi connectivity index (χ3v) is 16.2. The van der Waals surface area contributed by atoms with Crippen LogP contribution >= 0.6 is 0 Å². The predicted molar refractivity (Wildman–Crippen MR) is 368 cm³/mol. The van der Waals surface area contributed by atoms with Crippen LogP contribution < -0.4 is 5.32 Å². The Morgan fingerprint density at radius 3 is 1.12 bits per heavy atom. The first-order valence-electron chi connectivity index (χ1n) is 35.8. The SMILES string of the molecule is CC/C=C\C/C=C\C/C=C\C/C=C\C/C=C\C/C=C\C/C=C\CCCCCCCCCCCCCCCCCC(=O)NC(COC1OC(CO)C(O)C(O)C1O)C(O)/C=C/CC/C=C/CC/C=C/CCCCCCCCCCCCCCCCCC. The van der Waals surface area contributed by atoms with Crippen LogP contribution in [-0.2, 0) is 14.3 Å². The van der Waals surface area contributed by atoms with E-state index in [0.29, 0.717) is 6.42 Å². The number of allylic oxidation sites excluding steroid dienone is 19. The van der Waals surface area contributed by atoms with Gasteiger partial charge in [0.05, 0.1) is 25.4 Å². The van der Waals surface area contributed by atoms with Gasteiger partial charge in [-0.25, -0.2) is 0 Å². The maximum atomic E-state index is 13.1. The average molecular weight is 1200 g/mol. The summed E-state index contributed by atoms with van der Waals surface area (Å²) < 4.78 is 11.3. The second-order valence-corrected chi connectivity index (χ2v) is 24.3. The molecule has 86 heavy (non-hydrogen) atoms. The standard InChI is InChI=1S/C77H133NO8/c1-3-5-7-9-11-13-15-17-19-21-23-25-27-29-31-32-33-34-35-36-37-38-39-40-41-43-45-47-49-51-53-55-57-59-61-63-65-67-73(81)78-70(69-85-77-76(84)75(83)74(82)72(68-79)86-77)71(80)66-64-62-60-58-56-54-52-50-48-46-44-42-30-28-26-24-22-20-18-16-14-12-10-8-6-4-2/h5,7,11,13,17,19,23,25,29,31,33-34,36-37,48,50,56,58,64,66,70-72,74-77,79-80,82-84H,3-4,6,8-10,12,14-16,18,20-22,24,26-28,30,32,35,38-47,49,51-55,57,59-63,65,67-69H2,1-2H3,(H,78,81)/b7-5-,13-11-,19-17-,25-23-,31-29-,34-33-,37-36-,50-48+,58-56+,66-64+. The summed E-state index contributed by atoms with van der Waals surface area (Å²) in [5.41, 5.74) is 0. The molecule has 494 valence electrons. The summed E-state index contributed by atoms with van der Waals surface area (Å²) in [4.78, 5) is 13.1.